The number of nitrogens with one attached hydrogen (secondary N) is 1. The van der Waals surface area contributed by atoms with Crippen molar-refractivity contribution in [1.29, 1.82) is 5.26 Å². The van der Waals surface area contributed by atoms with Gasteiger partial charge in [-0.1, -0.05) is 6.07 Å². The number of hydrogen-bond donors (Lipinski definition) is 1. The van der Waals surface area contributed by atoms with Crippen LogP contribution in [-0.4, -0.2) is 18.8 Å². The van der Waals surface area contributed by atoms with Gasteiger partial charge in [-0.2, -0.15) is 5.26 Å². The van der Waals surface area contributed by atoms with E-state index in [1.165, 1.54) is 6.07 Å². The monoisotopic (exact) mass is 260 g/mol. The molecule has 1 saturated heterocycles. The SMILES string of the molecule is N#Cc1c(F)cccc1NC1CCCC2OCCC12. The fourth-order valence-corrected chi connectivity index (χ4v) is 3.31. The Morgan fingerprint density at radius 3 is 3.05 bits per heavy atom. The summed E-state index contributed by atoms with van der Waals surface area (Å²) >= 11 is 0. The summed E-state index contributed by atoms with van der Waals surface area (Å²) in [6.07, 6.45) is 4.70. The summed E-state index contributed by atoms with van der Waals surface area (Å²) in [6.45, 7) is 0.821. The molecule has 2 fully saturated rings. The van der Waals surface area contributed by atoms with Crippen molar-refractivity contribution in [2.75, 3.05) is 11.9 Å². The van der Waals surface area contributed by atoms with Crippen molar-refractivity contribution in [3.63, 3.8) is 0 Å². The van der Waals surface area contributed by atoms with Crippen LogP contribution in [0.15, 0.2) is 18.2 Å². The van der Waals surface area contributed by atoms with Crippen molar-refractivity contribution in [3.05, 3.63) is 29.6 Å². The lowest BCUT2D eigenvalue weighted by molar-refractivity contribution is 0.0620. The van der Waals surface area contributed by atoms with Gasteiger partial charge in [0.05, 0.1) is 11.8 Å². The number of benzene rings is 1. The predicted octanol–water partition coefficient (Wildman–Crippen LogP) is 3.07. The van der Waals surface area contributed by atoms with Crippen LogP contribution in [0.2, 0.25) is 0 Å². The molecule has 0 amide bonds. The van der Waals surface area contributed by atoms with Crippen molar-refractivity contribution >= 4 is 5.69 Å². The van der Waals surface area contributed by atoms with Gasteiger partial charge in [-0.15, -0.1) is 0 Å². The molecule has 3 rings (SSSR count). The topological polar surface area (TPSA) is 45.0 Å². The molecule has 1 aliphatic carbocycles. The second-order valence-corrected chi connectivity index (χ2v) is 5.32. The molecular formula is C15H17FN2O. The van der Waals surface area contributed by atoms with Crippen molar-refractivity contribution < 1.29 is 9.13 Å². The molecule has 0 bridgehead atoms. The molecule has 1 aromatic carbocycles. The number of anilines is 1. The van der Waals surface area contributed by atoms with E-state index in [1.807, 2.05) is 6.07 Å². The lowest BCUT2D eigenvalue weighted by Gasteiger charge is -2.34. The van der Waals surface area contributed by atoms with Crippen LogP contribution in [-0.2, 0) is 4.74 Å². The Hall–Kier alpha value is -1.60. The van der Waals surface area contributed by atoms with E-state index in [0.29, 0.717) is 17.7 Å². The normalized spacial score (nSPS) is 29.6. The van der Waals surface area contributed by atoms with Crippen molar-refractivity contribution in [2.45, 2.75) is 37.8 Å². The smallest absolute Gasteiger partial charge is 0.143 e. The second kappa shape index (κ2) is 5.18. The minimum absolute atomic E-state index is 0.114. The second-order valence-electron chi connectivity index (χ2n) is 5.32. The molecule has 1 aromatic rings. The molecule has 1 aliphatic heterocycles. The Kier molecular flexibility index (Phi) is 3.39. The number of halogens is 1. The Balaban J connectivity index is 1.81. The highest BCUT2D eigenvalue weighted by molar-refractivity contribution is 5.58. The van der Waals surface area contributed by atoms with Crippen LogP contribution in [0.4, 0.5) is 10.1 Å². The molecule has 3 unspecified atom stereocenters. The lowest BCUT2D eigenvalue weighted by atomic mass is 9.81. The summed E-state index contributed by atoms with van der Waals surface area (Å²) < 4.78 is 19.3. The van der Waals surface area contributed by atoms with Gasteiger partial charge in [0.1, 0.15) is 17.4 Å². The van der Waals surface area contributed by atoms with Crippen LogP contribution < -0.4 is 5.32 Å². The highest BCUT2D eigenvalue weighted by Gasteiger charge is 2.37. The highest BCUT2D eigenvalue weighted by Crippen LogP contribution is 2.36. The molecule has 19 heavy (non-hydrogen) atoms. The molecule has 0 radical (unpaired) electrons. The van der Waals surface area contributed by atoms with E-state index in [0.717, 1.165) is 32.3 Å². The van der Waals surface area contributed by atoms with E-state index in [-0.39, 0.29) is 11.6 Å². The Labute approximate surface area is 112 Å². The van der Waals surface area contributed by atoms with Gasteiger partial charge in [0.15, 0.2) is 0 Å². The maximum absolute atomic E-state index is 13.6. The Morgan fingerprint density at radius 1 is 1.32 bits per heavy atom. The van der Waals surface area contributed by atoms with Gasteiger partial charge in [-0.3, -0.25) is 0 Å². The number of ether oxygens (including phenoxy) is 1. The zero-order chi connectivity index (χ0) is 13.2. The van der Waals surface area contributed by atoms with Crippen molar-refractivity contribution in [2.24, 2.45) is 5.92 Å². The van der Waals surface area contributed by atoms with Gasteiger partial charge >= 0.3 is 0 Å². The molecule has 0 spiro atoms. The predicted molar refractivity (Wildman–Crippen MR) is 70.2 cm³/mol. The lowest BCUT2D eigenvalue weighted by Crippen LogP contribution is -2.38. The molecule has 2 aliphatic rings. The Morgan fingerprint density at radius 2 is 2.21 bits per heavy atom. The minimum atomic E-state index is -0.456. The number of hydrogen-bond acceptors (Lipinski definition) is 3. The zero-order valence-electron chi connectivity index (χ0n) is 10.7. The first-order chi connectivity index (χ1) is 9.29. The number of fused-ring (bicyclic) bond motifs is 1. The molecule has 1 N–H and O–H groups in total. The van der Waals surface area contributed by atoms with E-state index in [1.54, 1.807) is 12.1 Å². The van der Waals surface area contributed by atoms with Gasteiger partial charge in [0.2, 0.25) is 0 Å². The summed E-state index contributed by atoms with van der Waals surface area (Å²) in [4.78, 5) is 0. The molecular weight excluding hydrogens is 243 g/mol. The van der Waals surface area contributed by atoms with Crippen LogP contribution in [0.25, 0.3) is 0 Å². The molecule has 3 nitrogen and oxygen atoms in total. The molecule has 1 heterocycles. The zero-order valence-corrected chi connectivity index (χ0v) is 10.7. The van der Waals surface area contributed by atoms with E-state index in [9.17, 15) is 4.39 Å². The average molecular weight is 260 g/mol. The van der Waals surface area contributed by atoms with E-state index in [4.69, 9.17) is 10.00 Å². The molecule has 1 saturated carbocycles. The summed E-state index contributed by atoms with van der Waals surface area (Å²) in [7, 11) is 0. The van der Waals surface area contributed by atoms with Crippen molar-refractivity contribution in [1.82, 2.24) is 0 Å². The molecule has 4 heteroatoms. The van der Waals surface area contributed by atoms with Crippen LogP contribution in [0.1, 0.15) is 31.2 Å². The maximum atomic E-state index is 13.6. The summed E-state index contributed by atoms with van der Waals surface area (Å²) in [6, 6.07) is 6.98. The van der Waals surface area contributed by atoms with Crippen LogP contribution in [0, 0.1) is 23.1 Å². The fraction of sp³-hybridized carbons (Fsp3) is 0.533. The first-order valence-corrected chi connectivity index (χ1v) is 6.86. The average Bonchev–Trinajstić information content (AvgIpc) is 2.88. The third-order valence-electron chi connectivity index (χ3n) is 4.25. The minimum Gasteiger partial charge on any atom is -0.381 e. The van der Waals surface area contributed by atoms with Crippen LogP contribution >= 0.6 is 0 Å². The first-order valence-electron chi connectivity index (χ1n) is 6.86. The summed E-state index contributed by atoms with van der Waals surface area (Å²) in [5, 5.41) is 12.4. The van der Waals surface area contributed by atoms with E-state index in [2.05, 4.69) is 5.32 Å². The Bertz CT molecular complexity index is 511. The summed E-state index contributed by atoms with van der Waals surface area (Å²) in [5.74, 6) is 0.0334. The highest BCUT2D eigenvalue weighted by atomic mass is 19.1. The third-order valence-corrected chi connectivity index (χ3v) is 4.25. The molecule has 0 aromatic heterocycles. The third kappa shape index (κ3) is 2.31. The van der Waals surface area contributed by atoms with E-state index < -0.39 is 5.82 Å². The number of rotatable bonds is 2. The van der Waals surface area contributed by atoms with Crippen LogP contribution in [0.5, 0.6) is 0 Å². The van der Waals surface area contributed by atoms with Crippen LogP contribution in [0.3, 0.4) is 0 Å². The largest absolute Gasteiger partial charge is 0.381 e. The molecule has 100 valence electrons. The maximum Gasteiger partial charge on any atom is 0.143 e. The van der Waals surface area contributed by atoms with E-state index >= 15 is 0 Å². The van der Waals surface area contributed by atoms with Gasteiger partial charge < -0.3 is 10.1 Å². The quantitative estimate of drug-likeness (QED) is 0.888. The number of nitrogens with zero attached hydrogens (tertiary/aromatic N) is 1. The van der Waals surface area contributed by atoms with Gasteiger partial charge in [-0.25, -0.2) is 4.39 Å². The summed E-state index contributed by atoms with van der Waals surface area (Å²) in [5.41, 5.74) is 0.726. The fourth-order valence-electron chi connectivity index (χ4n) is 3.31. The van der Waals surface area contributed by atoms with Gasteiger partial charge in [0.25, 0.3) is 0 Å². The standard InChI is InChI=1S/C15H17FN2O/c16-12-3-1-4-14(11(12)9-17)18-13-5-2-6-15-10(13)7-8-19-15/h1,3-4,10,13,15,18H,2,5-8H2. The number of nitriles is 1. The van der Waals surface area contributed by atoms with Crippen molar-refractivity contribution in [3.8, 4) is 6.07 Å². The van der Waals surface area contributed by atoms with Gasteiger partial charge in [-0.05, 0) is 37.8 Å². The molecule has 3 atom stereocenters. The first kappa shape index (κ1) is 12.4. The van der Waals surface area contributed by atoms with Gasteiger partial charge in [0, 0.05) is 18.6 Å².